The minimum Gasteiger partial charge on any atom is -0.358 e. The molecule has 2 heteroatoms. The molecule has 0 heterocycles. The van der Waals surface area contributed by atoms with Crippen molar-refractivity contribution in [1.82, 2.24) is 0 Å². The minimum atomic E-state index is 0.0341. The summed E-state index contributed by atoms with van der Waals surface area (Å²) >= 11 is 5.94. The molecule has 0 saturated carbocycles. The maximum atomic E-state index is 5.94. The highest BCUT2D eigenvalue weighted by Crippen LogP contribution is 2.17. The standard InChI is InChI=1S/C10H14ClN/c1-8-5-4-6-10(7-8)12(3)9(2)11/h4-7,9H,1-3H3. The molecule has 1 nitrogen and oxygen atoms in total. The zero-order valence-corrected chi connectivity index (χ0v) is 8.47. The van der Waals surface area contributed by atoms with Gasteiger partial charge in [-0.1, -0.05) is 23.7 Å². The first-order valence-electron chi connectivity index (χ1n) is 4.05. The van der Waals surface area contributed by atoms with E-state index in [9.17, 15) is 0 Å². The van der Waals surface area contributed by atoms with Crippen LogP contribution in [0.2, 0.25) is 0 Å². The van der Waals surface area contributed by atoms with Crippen LogP contribution in [0.3, 0.4) is 0 Å². The van der Waals surface area contributed by atoms with Crippen LogP contribution in [0.4, 0.5) is 5.69 Å². The molecule has 0 radical (unpaired) electrons. The maximum absolute atomic E-state index is 5.94. The number of halogens is 1. The predicted octanol–water partition coefficient (Wildman–Crippen LogP) is 3.02. The van der Waals surface area contributed by atoms with Crippen molar-refractivity contribution >= 4 is 17.3 Å². The molecule has 1 rings (SSSR count). The number of aryl methyl sites for hydroxylation is 1. The molecule has 1 aromatic carbocycles. The summed E-state index contributed by atoms with van der Waals surface area (Å²) < 4.78 is 0. The summed E-state index contributed by atoms with van der Waals surface area (Å²) in [5.74, 6) is 0. The Labute approximate surface area is 79.0 Å². The lowest BCUT2D eigenvalue weighted by Gasteiger charge is -2.22. The van der Waals surface area contributed by atoms with Crippen LogP contribution in [0, 0.1) is 6.92 Å². The first kappa shape index (κ1) is 9.40. The molecule has 0 bridgehead atoms. The van der Waals surface area contributed by atoms with E-state index in [0.29, 0.717) is 0 Å². The number of hydrogen-bond acceptors (Lipinski definition) is 1. The molecule has 0 N–H and O–H groups in total. The lowest BCUT2D eigenvalue weighted by atomic mass is 10.2. The van der Waals surface area contributed by atoms with Crippen molar-refractivity contribution in [3.8, 4) is 0 Å². The van der Waals surface area contributed by atoms with E-state index in [2.05, 4.69) is 25.1 Å². The van der Waals surface area contributed by atoms with Crippen molar-refractivity contribution in [2.24, 2.45) is 0 Å². The Morgan fingerprint density at radius 2 is 2.08 bits per heavy atom. The van der Waals surface area contributed by atoms with Gasteiger partial charge in [0, 0.05) is 12.7 Å². The third-order valence-electron chi connectivity index (χ3n) is 1.94. The Balaban J connectivity index is 2.88. The first-order valence-corrected chi connectivity index (χ1v) is 4.48. The van der Waals surface area contributed by atoms with E-state index in [4.69, 9.17) is 11.6 Å². The molecule has 0 amide bonds. The molecule has 1 unspecified atom stereocenters. The fraction of sp³-hybridized carbons (Fsp3) is 0.400. The molecule has 12 heavy (non-hydrogen) atoms. The van der Waals surface area contributed by atoms with E-state index < -0.39 is 0 Å². The van der Waals surface area contributed by atoms with E-state index in [1.807, 2.05) is 24.9 Å². The Bertz CT molecular complexity index is 258. The van der Waals surface area contributed by atoms with Gasteiger partial charge in [-0.05, 0) is 31.5 Å². The number of benzene rings is 1. The first-order chi connectivity index (χ1) is 5.61. The van der Waals surface area contributed by atoms with Crippen LogP contribution in [0.15, 0.2) is 24.3 Å². The largest absolute Gasteiger partial charge is 0.358 e. The lowest BCUT2D eigenvalue weighted by Crippen LogP contribution is -2.23. The molecular weight excluding hydrogens is 170 g/mol. The summed E-state index contributed by atoms with van der Waals surface area (Å²) in [6.45, 7) is 4.04. The zero-order chi connectivity index (χ0) is 9.14. The molecule has 0 spiro atoms. The summed E-state index contributed by atoms with van der Waals surface area (Å²) in [4.78, 5) is 2.04. The second-order valence-corrected chi connectivity index (χ2v) is 3.66. The summed E-state index contributed by atoms with van der Waals surface area (Å²) in [7, 11) is 1.99. The van der Waals surface area contributed by atoms with Gasteiger partial charge in [0.15, 0.2) is 0 Å². The van der Waals surface area contributed by atoms with Gasteiger partial charge in [0.05, 0.1) is 0 Å². The monoisotopic (exact) mass is 183 g/mol. The fourth-order valence-corrected chi connectivity index (χ4v) is 1.17. The molecule has 0 aliphatic rings. The highest BCUT2D eigenvalue weighted by atomic mass is 35.5. The SMILES string of the molecule is Cc1cccc(N(C)C(C)Cl)c1. The molecule has 0 saturated heterocycles. The van der Waals surface area contributed by atoms with Crippen LogP contribution in [0.25, 0.3) is 0 Å². The quantitative estimate of drug-likeness (QED) is 0.503. The van der Waals surface area contributed by atoms with E-state index in [-0.39, 0.29) is 5.50 Å². The highest BCUT2D eigenvalue weighted by Gasteiger charge is 2.05. The zero-order valence-electron chi connectivity index (χ0n) is 7.71. The molecule has 1 atom stereocenters. The van der Waals surface area contributed by atoms with Crippen molar-refractivity contribution in [3.63, 3.8) is 0 Å². The van der Waals surface area contributed by atoms with Gasteiger partial charge in [-0.15, -0.1) is 0 Å². The van der Waals surface area contributed by atoms with Crippen LogP contribution in [-0.4, -0.2) is 12.5 Å². The molecule has 0 aliphatic carbocycles. The van der Waals surface area contributed by atoms with Crippen molar-refractivity contribution in [2.75, 3.05) is 11.9 Å². The maximum Gasteiger partial charge on any atom is 0.101 e. The average molecular weight is 184 g/mol. The van der Waals surface area contributed by atoms with E-state index >= 15 is 0 Å². The Kier molecular flexibility index (Phi) is 2.99. The summed E-state index contributed by atoms with van der Waals surface area (Å²) in [6, 6.07) is 8.31. The van der Waals surface area contributed by atoms with Gasteiger partial charge in [0.1, 0.15) is 5.50 Å². The average Bonchev–Trinajstić information content (AvgIpc) is 2.03. The second kappa shape index (κ2) is 3.81. The van der Waals surface area contributed by atoms with Crippen molar-refractivity contribution in [2.45, 2.75) is 19.3 Å². The third-order valence-corrected chi connectivity index (χ3v) is 2.24. The smallest absolute Gasteiger partial charge is 0.101 e. The van der Waals surface area contributed by atoms with Gasteiger partial charge < -0.3 is 4.90 Å². The van der Waals surface area contributed by atoms with Gasteiger partial charge in [-0.3, -0.25) is 0 Å². The summed E-state index contributed by atoms with van der Waals surface area (Å²) in [5.41, 5.74) is 2.46. The van der Waals surface area contributed by atoms with Crippen molar-refractivity contribution in [3.05, 3.63) is 29.8 Å². The van der Waals surface area contributed by atoms with Gasteiger partial charge in [-0.2, -0.15) is 0 Å². The van der Waals surface area contributed by atoms with Crippen molar-refractivity contribution < 1.29 is 0 Å². The van der Waals surface area contributed by atoms with Crippen LogP contribution in [-0.2, 0) is 0 Å². The van der Waals surface area contributed by atoms with Gasteiger partial charge >= 0.3 is 0 Å². The van der Waals surface area contributed by atoms with Crippen LogP contribution in [0.5, 0.6) is 0 Å². The normalized spacial score (nSPS) is 12.7. The number of anilines is 1. The van der Waals surface area contributed by atoms with Crippen LogP contribution < -0.4 is 4.90 Å². The third kappa shape index (κ3) is 2.15. The number of alkyl halides is 1. The summed E-state index contributed by atoms with van der Waals surface area (Å²) in [6.07, 6.45) is 0. The molecule has 0 aliphatic heterocycles. The Morgan fingerprint density at radius 1 is 1.42 bits per heavy atom. The van der Waals surface area contributed by atoms with Crippen LogP contribution >= 0.6 is 11.6 Å². The summed E-state index contributed by atoms with van der Waals surface area (Å²) in [5, 5.41) is 0. The number of hydrogen-bond donors (Lipinski definition) is 0. The van der Waals surface area contributed by atoms with E-state index in [1.54, 1.807) is 0 Å². The molecule has 1 aromatic rings. The fourth-order valence-electron chi connectivity index (χ4n) is 1.05. The Hall–Kier alpha value is -0.690. The molecular formula is C10H14ClN. The van der Waals surface area contributed by atoms with Gasteiger partial charge in [-0.25, -0.2) is 0 Å². The van der Waals surface area contributed by atoms with Gasteiger partial charge in [0.2, 0.25) is 0 Å². The number of rotatable bonds is 2. The van der Waals surface area contributed by atoms with E-state index in [0.717, 1.165) is 5.69 Å². The second-order valence-electron chi connectivity index (χ2n) is 3.02. The molecule has 0 aromatic heterocycles. The van der Waals surface area contributed by atoms with Crippen LogP contribution in [0.1, 0.15) is 12.5 Å². The lowest BCUT2D eigenvalue weighted by molar-refractivity contribution is 0.896. The molecule has 66 valence electrons. The van der Waals surface area contributed by atoms with E-state index in [1.165, 1.54) is 5.56 Å². The topological polar surface area (TPSA) is 3.24 Å². The Morgan fingerprint density at radius 3 is 2.58 bits per heavy atom. The van der Waals surface area contributed by atoms with Crippen molar-refractivity contribution in [1.29, 1.82) is 0 Å². The molecule has 0 fully saturated rings. The number of nitrogens with zero attached hydrogens (tertiary/aromatic N) is 1. The minimum absolute atomic E-state index is 0.0341. The highest BCUT2D eigenvalue weighted by molar-refractivity contribution is 6.21. The van der Waals surface area contributed by atoms with Gasteiger partial charge in [0.25, 0.3) is 0 Å². The predicted molar refractivity (Wildman–Crippen MR) is 54.9 cm³/mol.